The number of ether oxygens (including phenoxy) is 1. The molecule has 25 heavy (non-hydrogen) atoms. The Morgan fingerprint density at radius 2 is 1.04 bits per heavy atom. The van der Waals surface area contributed by atoms with E-state index in [1.165, 1.54) is 64.2 Å². The van der Waals surface area contributed by atoms with E-state index < -0.39 is 11.9 Å². The Kier molecular flexibility index (Phi) is 14.5. The van der Waals surface area contributed by atoms with Gasteiger partial charge in [0, 0.05) is 12.2 Å². The van der Waals surface area contributed by atoms with Crippen molar-refractivity contribution >= 4 is 11.9 Å². The monoisotopic (exact) mass is 352 g/mol. The van der Waals surface area contributed by atoms with Gasteiger partial charge < -0.3 is 14.9 Å². The average Bonchev–Trinajstić information content (AvgIpc) is 2.62. The van der Waals surface area contributed by atoms with Crippen molar-refractivity contribution in [2.45, 2.75) is 76.4 Å². The Labute approximate surface area is 151 Å². The van der Waals surface area contributed by atoms with Gasteiger partial charge in [0.05, 0.1) is 12.2 Å². The zero-order valence-corrected chi connectivity index (χ0v) is 15.1. The van der Waals surface area contributed by atoms with E-state index in [4.69, 9.17) is 14.9 Å². The fourth-order valence-electron chi connectivity index (χ4n) is 2.82. The van der Waals surface area contributed by atoms with E-state index in [1.54, 1.807) is 12.2 Å². The highest BCUT2D eigenvalue weighted by molar-refractivity contribution is 5.89. The van der Waals surface area contributed by atoms with Gasteiger partial charge in [-0.05, 0) is 25.7 Å². The van der Waals surface area contributed by atoms with Crippen LogP contribution < -0.4 is 0 Å². The molecule has 5 nitrogen and oxygen atoms in total. The molecule has 2 aliphatic rings. The Morgan fingerprint density at radius 3 is 1.28 bits per heavy atom. The molecule has 0 bridgehead atoms. The van der Waals surface area contributed by atoms with Crippen LogP contribution in [0.25, 0.3) is 0 Å². The number of aliphatic carboxylic acids is 2. The summed E-state index contributed by atoms with van der Waals surface area (Å²) in [4.78, 5) is 19.1. The molecule has 0 aromatic heterocycles. The van der Waals surface area contributed by atoms with Crippen molar-refractivity contribution in [1.29, 1.82) is 0 Å². The van der Waals surface area contributed by atoms with Crippen molar-refractivity contribution in [2.24, 2.45) is 0 Å². The van der Waals surface area contributed by atoms with Gasteiger partial charge in [-0.15, -0.1) is 0 Å². The third-order valence-electron chi connectivity index (χ3n) is 4.02. The van der Waals surface area contributed by atoms with Crippen LogP contribution in [0.5, 0.6) is 0 Å². The molecule has 0 heterocycles. The molecule has 0 saturated heterocycles. The fraction of sp³-hybridized carbons (Fsp3) is 0.600. The maximum absolute atomic E-state index is 9.55. The second-order valence-corrected chi connectivity index (χ2v) is 6.14. The van der Waals surface area contributed by atoms with Crippen molar-refractivity contribution in [3.63, 3.8) is 0 Å². The van der Waals surface area contributed by atoms with Crippen LogP contribution in [0.4, 0.5) is 0 Å². The van der Waals surface area contributed by atoms with E-state index in [0.29, 0.717) is 24.4 Å². The van der Waals surface area contributed by atoms with Crippen LogP contribution in [0.1, 0.15) is 64.2 Å². The number of hydrogen-bond donors (Lipinski definition) is 2. The molecule has 0 aromatic carbocycles. The van der Waals surface area contributed by atoms with E-state index in [2.05, 4.69) is 13.2 Å². The number of rotatable bonds is 5. The topological polar surface area (TPSA) is 83.8 Å². The number of carboxylic acid groups (broad SMARTS) is 2. The number of hydrogen-bond acceptors (Lipinski definition) is 3. The third kappa shape index (κ3) is 15.4. The number of allylic oxidation sites excluding steroid dienone is 2. The summed E-state index contributed by atoms with van der Waals surface area (Å²) in [6.45, 7) is 6.72. The third-order valence-corrected chi connectivity index (χ3v) is 4.02. The van der Waals surface area contributed by atoms with Crippen molar-refractivity contribution in [3.05, 3.63) is 37.5 Å². The van der Waals surface area contributed by atoms with Crippen molar-refractivity contribution < 1.29 is 24.5 Å². The molecule has 2 N–H and O–H groups in total. The lowest BCUT2D eigenvalue weighted by Crippen LogP contribution is -2.25. The highest BCUT2D eigenvalue weighted by Gasteiger charge is 2.20. The van der Waals surface area contributed by atoms with Crippen molar-refractivity contribution in [2.75, 3.05) is 0 Å². The highest BCUT2D eigenvalue weighted by atomic mass is 16.5. The summed E-state index contributed by atoms with van der Waals surface area (Å²) in [6.07, 6.45) is 19.4. The summed E-state index contributed by atoms with van der Waals surface area (Å²) in [5.74, 6) is -2.51. The highest BCUT2D eigenvalue weighted by Crippen LogP contribution is 2.26. The molecule has 0 atom stereocenters. The molecule has 0 aromatic rings. The first-order valence-electron chi connectivity index (χ1n) is 9.02. The molecule has 2 rings (SSSR count). The fourth-order valence-corrected chi connectivity index (χ4v) is 2.82. The summed E-state index contributed by atoms with van der Waals surface area (Å²) in [7, 11) is 0. The van der Waals surface area contributed by atoms with Gasteiger partial charge in [0.15, 0.2) is 0 Å². The van der Waals surface area contributed by atoms with Gasteiger partial charge in [-0.1, -0.05) is 63.8 Å². The maximum atomic E-state index is 9.55. The zero-order valence-electron chi connectivity index (χ0n) is 15.1. The molecular formula is C20H32O5. The lowest BCUT2D eigenvalue weighted by Gasteiger charge is -2.29. The van der Waals surface area contributed by atoms with Crippen LogP contribution >= 0.6 is 0 Å². The molecule has 142 valence electrons. The van der Waals surface area contributed by atoms with Crippen molar-refractivity contribution in [1.82, 2.24) is 0 Å². The average molecular weight is 352 g/mol. The van der Waals surface area contributed by atoms with Gasteiger partial charge in [-0.25, -0.2) is 9.59 Å². The van der Waals surface area contributed by atoms with Crippen LogP contribution in [0.3, 0.4) is 0 Å². The van der Waals surface area contributed by atoms with Gasteiger partial charge in [0.1, 0.15) is 0 Å². The molecule has 0 spiro atoms. The lowest BCUT2D eigenvalue weighted by molar-refractivity contribution is -0.134. The molecule has 2 aliphatic carbocycles. The summed E-state index contributed by atoms with van der Waals surface area (Å²) in [5, 5.41) is 15.6. The van der Waals surface area contributed by atoms with Crippen LogP contribution in [-0.2, 0) is 14.3 Å². The number of carboxylic acids is 2. The molecule has 0 amide bonds. The molecule has 2 saturated carbocycles. The first kappa shape index (κ1) is 23.1. The largest absolute Gasteiger partial charge is 0.478 e. The van der Waals surface area contributed by atoms with E-state index >= 15 is 0 Å². The minimum absolute atomic E-state index is 0.558. The predicted molar refractivity (Wildman–Crippen MR) is 99.6 cm³/mol. The minimum Gasteiger partial charge on any atom is -0.478 e. The van der Waals surface area contributed by atoms with E-state index in [-0.39, 0.29) is 0 Å². The van der Waals surface area contributed by atoms with Gasteiger partial charge in [0.2, 0.25) is 0 Å². The van der Waals surface area contributed by atoms with Crippen molar-refractivity contribution in [3.8, 4) is 0 Å². The van der Waals surface area contributed by atoms with Crippen LogP contribution in [0.15, 0.2) is 37.5 Å². The Morgan fingerprint density at radius 1 is 0.720 bits per heavy atom. The van der Waals surface area contributed by atoms with E-state index in [9.17, 15) is 9.59 Å². The van der Waals surface area contributed by atoms with Gasteiger partial charge in [-0.3, -0.25) is 0 Å². The van der Waals surface area contributed by atoms with E-state index in [1.807, 2.05) is 0 Å². The lowest BCUT2D eigenvalue weighted by atomic mass is 9.95. The van der Waals surface area contributed by atoms with Crippen LogP contribution in [0, 0.1) is 0 Å². The Bertz CT molecular complexity index is 378. The van der Waals surface area contributed by atoms with Gasteiger partial charge in [-0.2, -0.15) is 0 Å². The van der Waals surface area contributed by atoms with Crippen LogP contribution in [0.2, 0.25) is 0 Å². The Balaban J connectivity index is 0.000000413. The summed E-state index contributed by atoms with van der Waals surface area (Å²) in [6, 6.07) is 0. The summed E-state index contributed by atoms with van der Waals surface area (Å²) >= 11 is 0. The number of carbonyl (C=O) groups is 2. The first-order chi connectivity index (χ1) is 12.0. The molecule has 0 unspecified atom stereocenters. The molecule has 0 aliphatic heterocycles. The SMILES string of the molecule is C1CCC(OC2CCCCC2)CC1.C=CC=C.O=C(O)/C=C\C(=O)O. The zero-order chi connectivity index (χ0) is 18.9. The maximum Gasteiger partial charge on any atom is 0.328 e. The molecular weight excluding hydrogens is 320 g/mol. The predicted octanol–water partition coefficient (Wildman–Crippen LogP) is 4.74. The normalized spacial score (nSPS) is 18.2. The summed E-state index contributed by atoms with van der Waals surface area (Å²) < 4.78 is 6.13. The first-order valence-corrected chi connectivity index (χ1v) is 9.02. The minimum atomic E-state index is -1.26. The second kappa shape index (κ2) is 15.6. The van der Waals surface area contributed by atoms with Gasteiger partial charge in [0.25, 0.3) is 0 Å². The smallest absolute Gasteiger partial charge is 0.328 e. The van der Waals surface area contributed by atoms with E-state index in [0.717, 1.165) is 0 Å². The van der Waals surface area contributed by atoms with Gasteiger partial charge >= 0.3 is 11.9 Å². The second-order valence-electron chi connectivity index (χ2n) is 6.14. The standard InChI is InChI=1S/C12H22O.C4H4O4.C4H6/c1-3-7-11(8-4-1)13-12-9-5-2-6-10-12;5-3(6)1-2-4(7)8;1-3-4-2/h11-12H,1-10H2;1-2H,(H,5,6)(H,7,8);3-4H,1-2H2/b;2-1-;. The molecule has 5 heteroatoms. The van der Waals surface area contributed by atoms with Crippen LogP contribution in [-0.4, -0.2) is 34.4 Å². The Hall–Kier alpha value is -1.88. The molecule has 2 fully saturated rings. The molecule has 0 radical (unpaired) electrons. The quantitative estimate of drug-likeness (QED) is 0.551. The summed E-state index contributed by atoms with van der Waals surface area (Å²) in [5.41, 5.74) is 0.